The number of rotatable bonds is 5. The van der Waals surface area contributed by atoms with Crippen LogP contribution < -0.4 is 0 Å². The molecule has 144 valence electrons. The zero-order valence-corrected chi connectivity index (χ0v) is 14.4. The first kappa shape index (κ1) is 23.2. The van der Waals surface area contributed by atoms with Crippen molar-refractivity contribution in [3.05, 3.63) is 11.6 Å². The molecule has 0 aliphatic carbocycles. The largest absolute Gasteiger partial charge is 0.428 e. The molecular weight excluding hydrogens is 342 g/mol. The van der Waals surface area contributed by atoms with Gasteiger partial charge in [0.1, 0.15) is 0 Å². The van der Waals surface area contributed by atoms with Crippen LogP contribution >= 0.6 is 0 Å². The Hall–Kier alpha value is -0.800. The van der Waals surface area contributed by atoms with E-state index >= 15 is 0 Å². The second kappa shape index (κ2) is 6.84. The Bertz CT molecular complexity index is 443. The molecule has 24 heavy (non-hydrogen) atoms. The Morgan fingerprint density at radius 2 is 1.33 bits per heavy atom. The number of aliphatic hydroxyl groups is 2. The van der Waals surface area contributed by atoms with Crippen molar-refractivity contribution in [2.24, 2.45) is 10.8 Å². The second-order valence-electron chi connectivity index (χ2n) is 7.27. The highest BCUT2D eigenvalue weighted by atomic mass is 19.4. The van der Waals surface area contributed by atoms with Crippen molar-refractivity contribution >= 4 is 0 Å². The molecule has 0 radical (unpaired) electrons. The van der Waals surface area contributed by atoms with Gasteiger partial charge in [0, 0.05) is 5.41 Å². The summed E-state index contributed by atoms with van der Waals surface area (Å²) in [7, 11) is 0. The minimum absolute atomic E-state index is 0.692. The van der Waals surface area contributed by atoms with Crippen molar-refractivity contribution < 1.29 is 41.3 Å². The lowest BCUT2D eigenvalue weighted by atomic mass is 9.66. The molecule has 0 saturated carbocycles. The highest BCUT2D eigenvalue weighted by Gasteiger charge is 2.71. The number of hydrogen-bond donors (Lipinski definition) is 2. The minimum Gasteiger partial charge on any atom is -0.372 e. The molecule has 2 N–H and O–H groups in total. The zero-order chi connectivity index (χ0) is 19.8. The predicted octanol–water partition coefficient (Wildman–Crippen LogP) is 4.20. The summed E-state index contributed by atoms with van der Waals surface area (Å²) in [5.74, 6) is 0. The summed E-state index contributed by atoms with van der Waals surface area (Å²) < 4.78 is 80.4. The van der Waals surface area contributed by atoms with E-state index in [1.54, 1.807) is 34.6 Å². The molecule has 0 aliphatic rings. The highest BCUT2D eigenvalue weighted by molar-refractivity contribution is 5.10. The number of ether oxygens (including phenoxy) is 1. The van der Waals surface area contributed by atoms with Crippen molar-refractivity contribution in [2.75, 3.05) is 6.61 Å². The van der Waals surface area contributed by atoms with Crippen LogP contribution in [0.4, 0.5) is 26.3 Å². The van der Waals surface area contributed by atoms with Gasteiger partial charge in [-0.2, -0.15) is 26.3 Å². The molecular formula is C15H24F6O3. The Labute approximate surface area is 137 Å². The quantitative estimate of drug-likeness (QED) is 0.436. The van der Waals surface area contributed by atoms with E-state index in [1.807, 2.05) is 0 Å². The van der Waals surface area contributed by atoms with E-state index in [0.717, 1.165) is 0 Å². The number of allylic oxidation sites excluding steroid dienone is 1. The molecule has 0 aromatic carbocycles. The van der Waals surface area contributed by atoms with Gasteiger partial charge >= 0.3 is 12.4 Å². The first-order chi connectivity index (χ1) is 10.3. The number of halogens is 6. The molecule has 0 aromatic heterocycles. The van der Waals surface area contributed by atoms with Crippen molar-refractivity contribution in [1.82, 2.24) is 0 Å². The van der Waals surface area contributed by atoms with Gasteiger partial charge in [0.2, 0.25) is 0 Å². The maximum atomic E-state index is 12.6. The summed E-state index contributed by atoms with van der Waals surface area (Å²) in [6.07, 6.45) is -12.5. The highest BCUT2D eigenvalue weighted by Crippen LogP contribution is 2.46. The summed E-state index contributed by atoms with van der Waals surface area (Å²) in [6.45, 7) is 7.57. The molecule has 0 aliphatic heterocycles. The molecule has 0 spiro atoms. The molecule has 0 amide bonds. The smallest absolute Gasteiger partial charge is 0.372 e. The molecule has 0 bridgehead atoms. The molecule has 0 aromatic rings. The molecule has 0 rings (SSSR count). The van der Waals surface area contributed by atoms with Gasteiger partial charge in [0.05, 0.1) is 6.61 Å². The van der Waals surface area contributed by atoms with Crippen molar-refractivity contribution in [3.8, 4) is 0 Å². The molecule has 3 nitrogen and oxygen atoms in total. The van der Waals surface area contributed by atoms with E-state index in [0.29, 0.717) is 5.57 Å². The number of alkyl halides is 6. The van der Waals surface area contributed by atoms with Crippen LogP contribution in [-0.4, -0.2) is 41.1 Å². The number of hydrogen-bond acceptors (Lipinski definition) is 3. The van der Waals surface area contributed by atoms with E-state index in [9.17, 15) is 31.4 Å². The summed E-state index contributed by atoms with van der Waals surface area (Å²) >= 11 is 0. The first-order valence-electron chi connectivity index (χ1n) is 7.11. The Kier molecular flexibility index (Phi) is 6.61. The van der Waals surface area contributed by atoms with E-state index in [1.165, 1.54) is 13.0 Å². The standard InChI is InChI=1S/C15H24F6O3/c1-9(2)7-12(6,11(3,4)5)10(22)24-8-13(23,14(16,17)18)15(19,20)21/h7,10,22-23H,8H2,1-6H3. The van der Waals surface area contributed by atoms with Crippen LogP contribution in [-0.2, 0) is 4.74 Å². The monoisotopic (exact) mass is 366 g/mol. The average Bonchev–Trinajstić information content (AvgIpc) is 2.29. The van der Waals surface area contributed by atoms with Crippen LogP contribution in [0.2, 0.25) is 0 Å². The van der Waals surface area contributed by atoms with Crippen LogP contribution in [0.25, 0.3) is 0 Å². The Morgan fingerprint density at radius 3 is 1.58 bits per heavy atom. The molecule has 9 heteroatoms. The topological polar surface area (TPSA) is 49.7 Å². The van der Waals surface area contributed by atoms with Crippen LogP contribution in [0.5, 0.6) is 0 Å². The van der Waals surface area contributed by atoms with Gasteiger partial charge in [-0.15, -0.1) is 0 Å². The summed E-state index contributed by atoms with van der Waals surface area (Å²) in [6, 6.07) is 0. The minimum atomic E-state index is -6.00. The van der Waals surface area contributed by atoms with Crippen LogP contribution in [0.1, 0.15) is 41.5 Å². The third-order valence-corrected chi connectivity index (χ3v) is 4.11. The van der Waals surface area contributed by atoms with Crippen LogP contribution in [0.15, 0.2) is 11.6 Å². The molecule has 0 fully saturated rings. The van der Waals surface area contributed by atoms with Gasteiger partial charge in [0.25, 0.3) is 5.60 Å². The fraction of sp³-hybridized carbons (Fsp3) is 0.867. The first-order valence-corrected chi connectivity index (χ1v) is 7.11. The lowest BCUT2D eigenvalue weighted by molar-refractivity contribution is -0.386. The van der Waals surface area contributed by atoms with Gasteiger partial charge in [-0.3, -0.25) is 0 Å². The summed E-state index contributed by atoms with van der Waals surface area (Å²) in [5.41, 5.74) is -6.41. The third kappa shape index (κ3) is 4.64. The normalized spacial score (nSPS) is 18.1. The van der Waals surface area contributed by atoms with Crippen LogP contribution in [0.3, 0.4) is 0 Å². The van der Waals surface area contributed by atoms with Crippen LogP contribution in [0, 0.1) is 10.8 Å². The fourth-order valence-corrected chi connectivity index (χ4v) is 1.95. The maximum absolute atomic E-state index is 12.6. The predicted molar refractivity (Wildman–Crippen MR) is 76.0 cm³/mol. The molecule has 0 heterocycles. The summed E-state index contributed by atoms with van der Waals surface area (Å²) in [5, 5.41) is 19.2. The van der Waals surface area contributed by atoms with Crippen molar-refractivity contribution in [3.63, 3.8) is 0 Å². The van der Waals surface area contributed by atoms with E-state index < -0.39 is 41.7 Å². The molecule has 2 unspecified atom stereocenters. The summed E-state index contributed by atoms with van der Waals surface area (Å²) in [4.78, 5) is 0. The van der Waals surface area contributed by atoms with E-state index in [4.69, 9.17) is 5.11 Å². The van der Waals surface area contributed by atoms with E-state index in [2.05, 4.69) is 4.74 Å². The number of aliphatic hydroxyl groups excluding tert-OH is 1. The lowest BCUT2D eigenvalue weighted by Crippen LogP contribution is -2.61. The second-order valence-corrected chi connectivity index (χ2v) is 7.27. The fourth-order valence-electron chi connectivity index (χ4n) is 1.95. The van der Waals surface area contributed by atoms with Crippen molar-refractivity contribution in [1.29, 1.82) is 0 Å². The lowest BCUT2D eigenvalue weighted by Gasteiger charge is -2.44. The van der Waals surface area contributed by atoms with Gasteiger partial charge in [-0.1, -0.05) is 39.3 Å². The molecule has 2 atom stereocenters. The van der Waals surface area contributed by atoms with Gasteiger partial charge in [0.15, 0.2) is 6.29 Å². The Balaban J connectivity index is 5.63. The SMILES string of the molecule is CC(C)=CC(C)(C(O)OCC(O)(C(F)(F)F)C(F)(F)F)C(C)(C)C. The van der Waals surface area contributed by atoms with Crippen molar-refractivity contribution in [2.45, 2.75) is 65.8 Å². The maximum Gasteiger partial charge on any atom is 0.428 e. The van der Waals surface area contributed by atoms with E-state index in [-0.39, 0.29) is 0 Å². The van der Waals surface area contributed by atoms with Gasteiger partial charge in [-0.25, -0.2) is 0 Å². The third-order valence-electron chi connectivity index (χ3n) is 4.11. The average molecular weight is 366 g/mol. The van der Waals surface area contributed by atoms with Gasteiger partial charge < -0.3 is 14.9 Å². The Morgan fingerprint density at radius 1 is 0.958 bits per heavy atom. The zero-order valence-electron chi connectivity index (χ0n) is 14.4. The van der Waals surface area contributed by atoms with Gasteiger partial charge in [-0.05, 0) is 19.3 Å². The molecule has 0 saturated heterocycles.